The van der Waals surface area contributed by atoms with Gasteiger partial charge < -0.3 is 5.11 Å². The van der Waals surface area contributed by atoms with Gasteiger partial charge in [-0.3, -0.25) is 0 Å². The Kier molecular flexibility index (Phi) is 3.09. The summed E-state index contributed by atoms with van der Waals surface area (Å²) in [4.78, 5) is 0. The molecule has 18 heavy (non-hydrogen) atoms. The van der Waals surface area contributed by atoms with Crippen LogP contribution in [0.5, 0.6) is 0 Å². The van der Waals surface area contributed by atoms with E-state index in [0.717, 1.165) is 18.4 Å². The van der Waals surface area contributed by atoms with Crippen molar-refractivity contribution in [1.29, 1.82) is 5.26 Å². The van der Waals surface area contributed by atoms with E-state index >= 15 is 0 Å². The Balaban J connectivity index is 1.77. The fraction of sp³-hybridized carbons (Fsp3) is 0.533. The van der Waals surface area contributed by atoms with Crippen LogP contribution in [0.25, 0.3) is 0 Å². The fourth-order valence-electron chi connectivity index (χ4n) is 3.29. The van der Waals surface area contributed by atoms with Crippen molar-refractivity contribution in [2.24, 2.45) is 0 Å². The minimum absolute atomic E-state index is 0.550. The van der Waals surface area contributed by atoms with Crippen LogP contribution in [0.3, 0.4) is 0 Å². The first-order valence-electron chi connectivity index (χ1n) is 6.54. The van der Waals surface area contributed by atoms with Gasteiger partial charge in [0.25, 0.3) is 0 Å². The summed E-state index contributed by atoms with van der Waals surface area (Å²) in [5.74, 6) is 0. The second kappa shape index (κ2) is 4.60. The van der Waals surface area contributed by atoms with Crippen molar-refractivity contribution in [2.45, 2.75) is 48.2 Å². The summed E-state index contributed by atoms with van der Waals surface area (Å²) < 4.78 is 0. The molecule has 0 amide bonds. The van der Waals surface area contributed by atoms with Crippen molar-refractivity contribution in [2.75, 3.05) is 0 Å². The highest BCUT2D eigenvalue weighted by Gasteiger charge is 2.43. The lowest BCUT2D eigenvalue weighted by Crippen LogP contribution is -2.39. The van der Waals surface area contributed by atoms with Crippen LogP contribution in [-0.4, -0.2) is 21.2 Å². The number of rotatable bonds is 2. The molecule has 2 saturated heterocycles. The van der Waals surface area contributed by atoms with E-state index < -0.39 is 5.60 Å². The number of nitriles is 1. The monoisotopic (exact) mass is 259 g/mol. The average molecular weight is 259 g/mol. The van der Waals surface area contributed by atoms with Crippen LogP contribution in [-0.2, 0) is 6.42 Å². The van der Waals surface area contributed by atoms with E-state index in [1.54, 1.807) is 0 Å². The summed E-state index contributed by atoms with van der Waals surface area (Å²) >= 11 is 2.06. The molecule has 2 bridgehead atoms. The first kappa shape index (κ1) is 12.1. The largest absolute Gasteiger partial charge is 0.389 e. The van der Waals surface area contributed by atoms with Gasteiger partial charge in [0.1, 0.15) is 0 Å². The average Bonchev–Trinajstić information content (AvgIpc) is 2.69. The second-order valence-electron chi connectivity index (χ2n) is 5.58. The molecule has 0 aliphatic carbocycles. The number of nitrogens with zero attached hydrogens (tertiary/aromatic N) is 1. The molecular formula is C15H17NOS. The maximum atomic E-state index is 10.8. The van der Waals surface area contributed by atoms with E-state index in [0.29, 0.717) is 22.5 Å². The molecule has 2 unspecified atom stereocenters. The zero-order valence-electron chi connectivity index (χ0n) is 10.3. The summed E-state index contributed by atoms with van der Waals surface area (Å²) in [5, 5.41) is 21.0. The van der Waals surface area contributed by atoms with Crippen molar-refractivity contribution in [1.82, 2.24) is 0 Å². The lowest BCUT2D eigenvalue weighted by molar-refractivity contribution is 0.0242. The lowest BCUT2D eigenvalue weighted by Gasteiger charge is -2.36. The molecule has 2 nitrogen and oxygen atoms in total. The minimum Gasteiger partial charge on any atom is -0.389 e. The van der Waals surface area contributed by atoms with Crippen LogP contribution in [0.15, 0.2) is 24.3 Å². The van der Waals surface area contributed by atoms with Crippen molar-refractivity contribution < 1.29 is 5.11 Å². The second-order valence-corrected chi connectivity index (χ2v) is 7.18. The molecule has 0 radical (unpaired) electrons. The van der Waals surface area contributed by atoms with Crippen molar-refractivity contribution in [3.05, 3.63) is 35.4 Å². The zero-order chi connectivity index (χ0) is 12.6. The number of thioether (sulfide) groups is 1. The molecule has 1 aromatic rings. The summed E-state index contributed by atoms with van der Waals surface area (Å²) in [6, 6.07) is 9.80. The Bertz CT molecular complexity index is 482. The van der Waals surface area contributed by atoms with Gasteiger partial charge in [-0.15, -0.1) is 0 Å². The summed E-state index contributed by atoms with van der Waals surface area (Å²) in [5.41, 5.74) is 1.22. The molecular weight excluding hydrogens is 242 g/mol. The van der Waals surface area contributed by atoms with E-state index in [9.17, 15) is 5.11 Å². The quantitative estimate of drug-likeness (QED) is 0.888. The Labute approximate surface area is 112 Å². The molecule has 0 saturated carbocycles. The predicted octanol–water partition coefficient (Wildman–Crippen LogP) is 2.89. The zero-order valence-corrected chi connectivity index (χ0v) is 11.1. The Morgan fingerprint density at radius 2 is 2.06 bits per heavy atom. The predicted molar refractivity (Wildman–Crippen MR) is 73.4 cm³/mol. The number of hydrogen-bond acceptors (Lipinski definition) is 3. The number of fused-ring (bicyclic) bond motifs is 2. The molecule has 1 N–H and O–H groups in total. The van der Waals surface area contributed by atoms with Crippen LogP contribution >= 0.6 is 11.8 Å². The van der Waals surface area contributed by atoms with Crippen LogP contribution in [0.2, 0.25) is 0 Å². The first-order valence-corrected chi connectivity index (χ1v) is 7.48. The summed E-state index contributed by atoms with van der Waals surface area (Å²) in [7, 11) is 0. The first-order chi connectivity index (χ1) is 8.67. The van der Waals surface area contributed by atoms with E-state index in [1.165, 1.54) is 12.8 Å². The van der Waals surface area contributed by atoms with Crippen LogP contribution < -0.4 is 0 Å². The molecule has 2 fully saturated rings. The van der Waals surface area contributed by atoms with E-state index in [-0.39, 0.29) is 0 Å². The van der Waals surface area contributed by atoms with Gasteiger partial charge in [-0.1, -0.05) is 12.1 Å². The van der Waals surface area contributed by atoms with Crippen molar-refractivity contribution in [3.63, 3.8) is 0 Å². The third-order valence-corrected chi connectivity index (χ3v) is 5.57. The summed E-state index contributed by atoms with van der Waals surface area (Å²) in [6.45, 7) is 0. The van der Waals surface area contributed by atoms with Crippen molar-refractivity contribution >= 4 is 11.8 Å². The molecule has 3 heteroatoms. The highest BCUT2D eigenvalue weighted by atomic mass is 32.2. The standard InChI is InChI=1S/C15H17NOS/c16-10-12-3-1-2-11(6-12)7-15(17)8-13-4-5-14(9-15)18-13/h1-3,6,13-14,17H,4-5,7-9H2. The normalized spacial score (nSPS) is 34.2. The van der Waals surface area contributed by atoms with Gasteiger partial charge in [0.15, 0.2) is 0 Å². The van der Waals surface area contributed by atoms with Crippen molar-refractivity contribution in [3.8, 4) is 6.07 Å². The van der Waals surface area contributed by atoms with E-state index in [4.69, 9.17) is 5.26 Å². The van der Waals surface area contributed by atoms with Gasteiger partial charge >= 0.3 is 0 Å². The number of aliphatic hydroxyl groups is 1. The molecule has 0 aromatic heterocycles. The fourth-order valence-corrected chi connectivity index (χ4v) is 5.19. The number of hydrogen-bond donors (Lipinski definition) is 1. The lowest BCUT2D eigenvalue weighted by atomic mass is 9.86. The minimum atomic E-state index is -0.550. The maximum absolute atomic E-state index is 10.8. The topological polar surface area (TPSA) is 44.0 Å². The number of benzene rings is 1. The van der Waals surface area contributed by atoms with Gasteiger partial charge in [-0.2, -0.15) is 17.0 Å². The molecule has 3 rings (SSSR count). The SMILES string of the molecule is N#Cc1cccc(CC2(O)CC3CCC(C2)S3)c1. The van der Waals surface area contributed by atoms with E-state index in [1.807, 2.05) is 24.3 Å². The van der Waals surface area contributed by atoms with Gasteiger partial charge in [0.05, 0.1) is 17.2 Å². The van der Waals surface area contributed by atoms with Gasteiger partial charge in [-0.25, -0.2) is 0 Å². The molecule has 2 atom stereocenters. The van der Waals surface area contributed by atoms with Gasteiger partial charge in [0.2, 0.25) is 0 Å². The molecule has 2 aliphatic heterocycles. The highest BCUT2D eigenvalue weighted by molar-refractivity contribution is 8.00. The van der Waals surface area contributed by atoms with Gasteiger partial charge in [0, 0.05) is 16.9 Å². The van der Waals surface area contributed by atoms with Crippen LogP contribution in [0.1, 0.15) is 36.8 Å². The molecule has 0 spiro atoms. The smallest absolute Gasteiger partial charge is 0.0991 e. The van der Waals surface area contributed by atoms with E-state index in [2.05, 4.69) is 17.8 Å². The van der Waals surface area contributed by atoms with Crippen LogP contribution in [0, 0.1) is 11.3 Å². The van der Waals surface area contributed by atoms with Gasteiger partial charge in [-0.05, 0) is 43.4 Å². The van der Waals surface area contributed by atoms with Crippen LogP contribution in [0.4, 0.5) is 0 Å². The molecule has 2 aliphatic rings. The maximum Gasteiger partial charge on any atom is 0.0991 e. The Morgan fingerprint density at radius 1 is 1.33 bits per heavy atom. The third kappa shape index (κ3) is 2.41. The molecule has 94 valence electrons. The molecule has 1 aromatic carbocycles. The highest BCUT2D eigenvalue weighted by Crippen LogP contribution is 2.48. The Hall–Kier alpha value is -0.980. The molecule has 2 heterocycles. The Morgan fingerprint density at radius 3 is 2.72 bits per heavy atom. The summed E-state index contributed by atoms with van der Waals surface area (Å²) in [6.07, 6.45) is 5.03. The third-order valence-electron chi connectivity index (χ3n) is 4.00.